The fraction of sp³-hybridized carbons (Fsp3) is 0.0370. The van der Waals surface area contributed by atoms with Crippen LogP contribution in [0.1, 0.15) is 5.56 Å². The van der Waals surface area contributed by atoms with Gasteiger partial charge in [-0.05, 0) is 40.6 Å². The Balaban J connectivity index is 1.80. The van der Waals surface area contributed by atoms with Gasteiger partial charge in [0.2, 0.25) is 0 Å². The van der Waals surface area contributed by atoms with Crippen molar-refractivity contribution in [3.05, 3.63) is 109 Å². The minimum absolute atomic E-state index is 0.254. The van der Waals surface area contributed by atoms with Gasteiger partial charge in [-0.15, -0.1) is 0 Å². The van der Waals surface area contributed by atoms with Gasteiger partial charge in [0.05, 0.1) is 17.5 Å². The van der Waals surface area contributed by atoms with E-state index in [1.54, 1.807) is 43.6 Å². The highest BCUT2D eigenvalue weighted by atomic mass is 32.2. The second-order valence-electron chi connectivity index (χ2n) is 7.54. The normalized spacial score (nSPS) is 11.7. The van der Waals surface area contributed by atoms with Gasteiger partial charge in [-0.1, -0.05) is 73.3 Å². The van der Waals surface area contributed by atoms with E-state index < -0.39 is 10.0 Å². The molecule has 5 heteroatoms. The Bertz CT molecular complexity index is 1580. The van der Waals surface area contributed by atoms with E-state index in [4.69, 9.17) is 4.74 Å². The summed E-state index contributed by atoms with van der Waals surface area (Å²) in [5.41, 5.74) is 3.33. The fourth-order valence-corrected chi connectivity index (χ4v) is 5.46. The molecule has 0 saturated carbocycles. The van der Waals surface area contributed by atoms with Crippen molar-refractivity contribution in [2.75, 3.05) is 7.11 Å². The van der Waals surface area contributed by atoms with E-state index in [0.717, 1.165) is 32.8 Å². The maximum Gasteiger partial charge on any atom is 0.268 e. The van der Waals surface area contributed by atoms with Crippen LogP contribution in [0.2, 0.25) is 0 Å². The fourth-order valence-electron chi connectivity index (χ4n) is 4.07. The van der Waals surface area contributed by atoms with Crippen molar-refractivity contribution in [1.82, 2.24) is 3.97 Å². The summed E-state index contributed by atoms with van der Waals surface area (Å²) in [7, 11) is -2.15. The van der Waals surface area contributed by atoms with Crippen molar-refractivity contribution in [3.8, 4) is 11.1 Å². The van der Waals surface area contributed by atoms with Crippen LogP contribution in [0.5, 0.6) is 0 Å². The molecular formula is C27H21NO3S. The second kappa shape index (κ2) is 7.70. The Hall–Kier alpha value is -3.83. The Labute approximate surface area is 187 Å². The zero-order chi connectivity index (χ0) is 22.3. The maximum absolute atomic E-state index is 13.5. The van der Waals surface area contributed by atoms with Gasteiger partial charge in [0.15, 0.2) is 0 Å². The number of ether oxygens (including phenoxy) is 1. The largest absolute Gasteiger partial charge is 0.497 e. The summed E-state index contributed by atoms with van der Waals surface area (Å²) in [4.78, 5) is 0.254. The minimum atomic E-state index is -3.75. The minimum Gasteiger partial charge on any atom is -0.497 e. The van der Waals surface area contributed by atoms with E-state index in [1.165, 1.54) is 3.97 Å². The van der Waals surface area contributed by atoms with Gasteiger partial charge in [-0.2, -0.15) is 0 Å². The van der Waals surface area contributed by atoms with E-state index in [9.17, 15) is 8.42 Å². The van der Waals surface area contributed by atoms with Gasteiger partial charge >= 0.3 is 0 Å². The molecule has 1 heterocycles. The van der Waals surface area contributed by atoms with Crippen LogP contribution in [0.3, 0.4) is 0 Å². The molecule has 32 heavy (non-hydrogen) atoms. The number of aromatic nitrogens is 1. The first kappa shape index (κ1) is 20.1. The zero-order valence-corrected chi connectivity index (χ0v) is 18.3. The maximum atomic E-state index is 13.5. The lowest BCUT2D eigenvalue weighted by atomic mass is 9.96. The molecule has 4 nitrogen and oxygen atoms in total. The van der Waals surface area contributed by atoms with Gasteiger partial charge in [0.25, 0.3) is 10.0 Å². The Morgan fingerprint density at radius 3 is 2.34 bits per heavy atom. The number of nitrogens with zero attached hydrogens (tertiary/aromatic N) is 1. The summed E-state index contributed by atoms with van der Waals surface area (Å²) >= 11 is 0. The quantitative estimate of drug-likeness (QED) is 0.301. The molecule has 1 aromatic heterocycles. The number of fused-ring (bicyclic) bond motifs is 2. The van der Waals surface area contributed by atoms with Gasteiger partial charge < -0.3 is 4.74 Å². The van der Waals surface area contributed by atoms with Crippen LogP contribution in [0, 0.1) is 0 Å². The summed E-state index contributed by atoms with van der Waals surface area (Å²) in [6, 6.07) is 28.1. The molecule has 0 aliphatic heterocycles. The number of benzene rings is 4. The zero-order valence-electron chi connectivity index (χ0n) is 17.5. The predicted octanol–water partition coefficient (Wildman–Crippen LogP) is 6.32. The van der Waals surface area contributed by atoms with Gasteiger partial charge in [-0.3, -0.25) is 0 Å². The van der Waals surface area contributed by atoms with E-state index in [2.05, 4.69) is 6.58 Å². The second-order valence-corrected chi connectivity index (χ2v) is 9.36. The Kier molecular flexibility index (Phi) is 4.83. The number of hydrogen-bond donors (Lipinski definition) is 0. The van der Waals surface area contributed by atoms with Crippen LogP contribution in [-0.4, -0.2) is 19.5 Å². The van der Waals surface area contributed by atoms with E-state index in [1.807, 2.05) is 60.7 Å². The summed E-state index contributed by atoms with van der Waals surface area (Å²) in [5, 5.41) is 2.93. The predicted molar refractivity (Wildman–Crippen MR) is 130 cm³/mol. The average Bonchev–Trinajstić information content (AvgIpc) is 3.24. The Morgan fingerprint density at radius 2 is 1.56 bits per heavy atom. The first-order chi connectivity index (χ1) is 15.5. The number of rotatable bonds is 5. The molecule has 0 fully saturated rings. The van der Waals surface area contributed by atoms with Crippen LogP contribution in [0.4, 0.5) is 0 Å². The molecule has 0 saturated heterocycles. The summed E-state index contributed by atoms with van der Waals surface area (Å²) in [6.07, 6.45) is 1.72. The van der Waals surface area contributed by atoms with Crippen molar-refractivity contribution >= 4 is 37.5 Å². The molecule has 0 amide bonds. The van der Waals surface area contributed by atoms with Crippen LogP contribution < -0.4 is 0 Å². The van der Waals surface area contributed by atoms with Crippen molar-refractivity contribution in [3.63, 3.8) is 0 Å². The van der Waals surface area contributed by atoms with Gasteiger partial charge in [-0.25, -0.2) is 12.4 Å². The van der Waals surface area contributed by atoms with Crippen LogP contribution in [0.15, 0.2) is 109 Å². The van der Waals surface area contributed by atoms with Crippen LogP contribution >= 0.6 is 0 Å². The molecule has 158 valence electrons. The molecule has 5 rings (SSSR count). The molecule has 0 atom stereocenters. The molecule has 5 aromatic rings. The third-order valence-electron chi connectivity index (χ3n) is 5.72. The number of hydrogen-bond acceptors (Lipinski definition) is 3. The average molecular weight is 440 g/mol. The number of para-hydroxylation sites is 1. The van der Waals surface area contributed by atoms with Crippen LogP contribution in [0.25, 0.3) is 38.6 Å². The first-order valence-electron chi connectivity index (χ1n) is 10.2. The topological polar surface area (TPSA) is 48.3 Å². The highest BCUT2D eigenvalue weighted by molar-refractivity contribution is 7.90. The molecule has 0 N–H and O–H groups in total. The molecule has 0 radical (unpaired) electrons. The first-order valence-corrected chi connectivity index (χ1v) is 11.6. The molecule has 0 bridgehead atoms. The molecule has 4 aromatic carbocycles. The molecule has 0 unspecified atom stereocenters. The van der Waals surface area contributed by atoms with Crippen molar-refractivity contribution in [1.29, 1.82) is 0 Å². The molecule has 0 aliphatic rings. The van der Waals surface area contributed by atoms with E-state index in [0.29, 0.717) is 11.3 Å². The van der Waals surface area contributed by atoms with Crippen molar-refractivity contribution in [2.24, 2.45) is 0 Å². The molecule has 0 spiro atoms. The summed E-state index contributed by atoms with van der Waals surface area (Å²) in [5.74, 6) is 0.579. The van der Waals surface area contributed by atoms with E-state index >= 15 is 0 Å². The van der Waals surface area contributed by atoms with E-state index in [-0.39, 0.29) is 4.90 Å². The standard InChI is InChI=1S/C27H21NO3S/c1-19(31-2)21-16-15-20-9-8-13-23(25(20)17-21)26-18-28(27-14-7-6-12-24(26)27)32(29,30)22-10-4-3-5-11-22/h3-18H,1H2,2H3. The van der Waals surface area contributed by atoms with Gasteiger partial charge in [0.1, 0.15) is 5.76 Å². The SMILES string of the molecule is C=C(OC)c1ccc2cccc(-c3cn(S(=O)(=O)c4ccccc4)c4ccccc34)c2c1. The summed E-state index contributed by atoms with van der Waals surface area (Å²) < 4.78 is 33.6. The molecule has 0 aliphatic carbocycles. The monoisotopic (exact) mass is 439 g/mol. The third kappa shape index (κ3) is 3.18. The van der Waals surface area contributed by atoms with Gasteiger partial charge in [0, 0.05) is 22.7 Å². The van der Waals surface area contributed by atoms with Crippen molar-refractivity contribution < 1.29 is 13.2 Å². The summed E-state index contributed by atoms with van der Waals surface area (Å²) in [6.45, 7) is 3.97. The Morgan fingerprint density at radius 1 is 0.812 bits per heavy atom. The highest BCUT2D eigenvalue weighted by Gasteiger charge is 2.22. The number of methoxy groups -OCH3 is 1. The van der Waals surface area contributed by atoms with Crippen molar-refractivity contribution in [2.45, 2.75) is 4.90 Å². The molecular weight excluding hydrogens is 418 g/mol. The lowest BCUT2D eigenvalue weighted by molar-refractivity contribution is 0.371. The third-order valence-corrected chi connectivity index (χ3v) is 7.41. The highest BCUT2D eigenvalue weighted by Crippen LogP contribution is 2.37. The lowest BCUT2D eigenvalue weighted by Gasteiger charge is -2.10. The van der Waals surface area contributed by atoms with Crippen LogP contribution in [-0.2, 0) is 14.8 Å². The smallest absolute Gasteiger partial charge is 0.268 e. The lowest BCUT2D eigenvalue weighted by Crippen LogP contribution is -2.11.